The lowest BCUT2D eigenvalue weighted by molar-refractivity contribution is 0.341. The zero-order valence-corrected chi connectivity index (χ0v) is 9.42. The lowest BCUT2D eigenvalue weighted by atomic mass is 9.91. The van der Waals surface area contributed by atoms with Crippen LogP contribution < -0.4 is 9.47 Å². The van der Waals surface area contributed by atoms with Gasteiger partial charge >= 0.3 is 0 Å². The van der Waals surface area contributed by atoms with E-state index < -0.39 is 0 Å². The summed E-state index contributed by atoms with van der Waals surface area (Å²) in [5.74, 6) is 1.45. The normalized spacial score (nSPS) is 11.2. The first-order chi connectivity index (χ1) is 6.50. The molecule has 1 aromatic rings. The molecule has 0 unspecified atom stereocenters. The van der Waals surface area contributed by atoms with E-state index in [-0.39, 0.29) is 5.41 Å². The third-order valence-corrected chi connectivity index (χ3v) is 2.00. The van der Waals surface area contributed by atoms with Gasteiger partial charge in [0.25, 0.3) is 0 Å². The Morgan fingerprint density at radius 1 is 1.14 bits per heavy atom. The topological polar surface area (TPSA) is 31.4 Å². The number of aromatic nitrogens is 1. The van der Waals surface area contributed by atoms with E-state index in [1.54, 1.807) is 26.5 Å². The van der Waals surface area contributed by atoms with E-state index in [0.29, 0.717) is 0 Å². The van der Waals surface area contributed by atoms with E-state index in [4.69, 9.17) is 9.47 Å². The minimum atomic E-state index is -0.0418. The van der Waals surface area contributed by atoms with E-state index >= 15 is 0 Å². The molecule has 0 aliphatic carbocycles. The largest absolute Gasteiger partial charge is 0.493 e. The summed E-state index contributed by atoms with van der Waals surface area (Å²) < 4.78 is 10.5. The molecule has 0 bridgehead atoms. The smallest absolute Gasteiger partial charge is 0.182 e. The standard InChI is InChI=1S/C11H17NO2/c1-11(2,3)10-9(14-5)8(13-4)6-7-12-10/h6-7H,1-5H3. The Kier molecular flexibility index (Phi) is 2.99. The molecule has 1 heterocycles. The lowest BCUT2D eigenvalue weighted by Crippen LogP contribution is -2.15. The van der Waals surface area contributed by atoms with Crippen LogP contribution in [0.3, 0.4) is 0 Å². The summed E-state index contributed by atoms with van der Waals surface area (Å²) in [6, 6.07) is 1.80. The van der Waals surface area contributed by atoms with Crippen LogP contribution in [-0.4, -0.2) is 19.2 Å². The van der Waals surface area contributed by atoms with Gasteiger partial charge in [0.15, 0.2) is 11.5 Å². The zero-order valence-electron chi connectivity index (χ0n) is 9.42. The summed E-state index contributed by atoms with van der Waals surface area (Å²) in [4.78, 5) is 4.32. The Balaban J connectivity index is 3.29. The lowest BCUT2D eigenvalue weighted by Gasteiger charge is -2.21. The van der Waals surface area contributed by atoms with Crippen molar-refractivity contribution < 1.29 is 9.47 Å². The number of pyridine rings is 1. The van der Waals surface area contributed by atoms with Gasteiger partial charge in [0, 0.05) is 17.7 Å². The van der Waals surface area contributed by atoms with Gasteiger partial charge in [-0.2, -0.15) is 0 Å². The van der Waals surface area contributed by atoms with Crippen LogP contribution in [0.2, 0.25) is 0 Å². The first kappa shape index (κ1) is 10.8. The van der Waals surface area contributed by atoms with Crippen molar-refractivity contribution in [2.45, 2.75) is 26.2 Å². The average molecular weight is 195 g/mol. The number of methoxy groups -OCH3 is 2. The van der Waals surface area contributed by atoms with E-state index in [9.17, 15) is 0 Å². The molecular weight excluding hydrogens is 178 g/mol. The highest BCUT2D eigenvalue weighted by Crippen LogP contribution is 2.35. The van der Waals surface area contributed by atoms with Gasteiger partial charge in [-0.15, -0.1) is 0 Å². The number of hydrogen-bond donors (Lipinski definition) is 0. The van der Waals surface area contributed by atoms with E-state index in [1.807, 2.05) is 0 Å². The van der Waals surface area contributed by atoms with E-state index in [1.165, 1.54) is 0 Å². The molecule has 0 fully saturated rings. The third-order valence-electron chi connectivity index (χ3n) is 2.00. The van der Waals surface area contributed by atoms with Gasteiger partial charge in [0.1, 0.15) is 0 Å². The molecular formula is C11H17NO2. The van der Waals surface area contributed by atoms with Crippen molar-refractivity contribution in [1.29, 1.82) is 0 Å². The van der Waals surface area contributed by atoms with Gasteiger partial charge < -0.3 is 9.47 Å². The first-order valence-corrected chi connectivity index (χ1v) is 4.58. The van der Waals surface area contributed by atoms with Gasteiger partial charge in [-0.3, -0.25) is 4.98 Å². The zero-order chi connectivity index (χ0) is 10.8. The molecule has 0 saturated heterocycles. The monoisotopic (exact) mass is 195 g/mol. The Bertz CT molecular complexity index is 316. The van der Waals surface area contributed by atoms with Crippen LogP contribution in [0.25, 0.3) is 0 Å². The second-order valence-corrected chi connectivity index (χ2v) is 4.15. The maximum absolute atomic E-state index is 5.31. The molecule has 0 saturated carbocycles. The molecule has 0 atom stereocenters. The molecule has 0 aromatic carbocycles. The maximum Gasteiger partial charge on any atom is 0.182 e. The van der Waals surface area contributed by atoms with Crippen LogP contribution >= 0.6 is 0 Å². The van der Waals surface area contributed by atoms with Crippen LogP contribution in [-0.2, 0) is 5.41 Å². The third kappa shape index (κ3) is 1.97. The summed E-state index contributed by atoms with van der Waals surface area (Å²) in [6.07, 6.45) is 1.74. The van der Waals surface area contributed by atoms with Gasteiger partial charge in [-0.25, -0.2) is 0 Å². The Morgan fingerprint density at radius 3 is 2.21 bits per heavy atom. The van der Waals surface area contributed by atoms with Gasteiger partial charge in [0.05, 0.1) is 19.9 Å². The molecule has 0 amide bonds. The van der Waals surface area contributed by atoms with E-state index in [2.05, 4.69) is 25.8 Å². The molecule has 0 aliphatic rings. The molecule has 78 valence electrons. The van der Waals surface area contributed by atoms with Crippen LogP contribution in [0.4, 0.5) is 0 Å². The highest BCUT2D eigenvalue weighted by atomic mass is 16.5. The molecule has 3 nitrogen and oxygen atoms in total. The highest BCUT2D eigenvalue weighted by molar-refractivity contribution is 5.45. The van der Waals surface area contributed by atoms with Crippen LogP contribution in [0.1, 0.15) is 26.5 Å². The average Bonchev–Trinajstić information content (AvgIpc) is 2.15. The molecule has 0 radical (unpaired) electrons. The number of rotatable bonds is 2. The second kappa shape index (κ2) is 3.86. The minimum absolute atomic E-state index is 0.0418. The molecule has 3 heteroatoms. The summed E-state index contributed by atoms with van der Waals surface area (Å²) in [7, 11) is 3.26. The fourth-order valence-electron chi connectivity index (χ4n) is 1.32. The quantitative estimate of drug-likeness (QED) is 0.726. The van der Waals surface area contributed by atoms with Crippen molar-refractivity contribution in [3.05, 3.63) is 18.0 Å². The summed E-state index contributed by atoms with van der Waals surface area (Å²) in [6.45, 7) is 6.28. The van der Waals surface area contributed by atoms with Crippen molar-refractivity contribution in [2.75, 3.05) is 14.2 Å². The number of ether oxygens (including phenoxy) is 2. The highest BCUT2D eigenvalue weighted by Gasteiger charge is 2.22. The molecule has 0 spiro atoms. The summed E-state index contributed by atoms with van der Waals surface area (Å²) in [5.41, 5.74) is 0.874. The number of hydrogen-bond acceptors (Lipinski definition) is 3. The van der Waals surface area contributed by atoms with Crippen LogP contribution in [0, 0.1) is 0 Å². The van der Waals surface area contributed by atoms with Crippen molar-refractivity contribution in [2.24, 2.45) is 0 Å². The maximum atomic E-state index is 5.31. The van der Waals surface area contributed by atoms with Crippen molar-refractivity contribution >= 4 is 0 Å². The Hall–Kier alpha value is -1.25. The predicted octanol–water partition coefficient (Wildman–Crippen LogP) is 2.40. The number of nitrogens with zero attached hydrogens (tertiary/aromatic N) is 1. The molecule has 0 aliphatic heterocycles. The molecule has 0 N–H and O–H groups in total. The fraction of sp³-hybridized carbons (Fsp3) is 0.545. The predicted molar refractivity (Wildman–Crippen MR) is 56.0 cm³/mol. The molecule has 1 rings (SSSR count). The first-order valence-electron chi connectivity index (χ1n) is 4.58. The SMILES string of the molecule is COc1ccnc(C(C)(C)C)c1OC. The Labute approximate surface area is 85.1 Å². The van der Waals surface area contributed by atoms with Crippen LogP contribution in [0.5, 0.6) is 11.5 Å². The summed E-state index contributed by atoms with van der Waals surface area (Å²) >= 11 is 0. The molecule has 14 heavy (non-hydrogen) atoms. The minimum Gasteiger partial charge on any atom is -0.493 e. The van der Waals surface area contributed by atoms with Crippen molar-refractivity contribution in [3.8, 4) is 11.5 Å². The summed E-state index contributed by atoms with van der Waals surface area (Å²) in [5, 5.41) is 0. The van der Waals surface area contributed by atoms with Crippen molar-refractivity contribution in [1.82, 2.24) is 4.98 Å². The van der Waals surface area contributed by atoms with Gasteiger partial charge in [-0.05, 0) is 0 Å². The van der Waals surface area contributed by atoms with Gasteiger partial charge in [0.2, 0.25) is 0 Å². The second-order valence-electron chi connectivity index (χ2n) is 4.15. The van der Waals surface area contributed by atoms with E-state index in [0.717, 1.165) is 17.2 Å². The van der Waals surface area contributed by atoms with Gasteiger partial charge in [-0.1, -0.05) is 20.8 Å². The van der Waals surface area contributed by atoms with Crippen LogP contribution in [0.15, 0.2) is 12.3 Å². The Morgan fingerprint density at radius 2 is 1.79 bits per heavy atom. The fourth-order valence-corrected chi connectivity index (χ4v) is 1.32. The van der Waals surface area contributed by atoms with Crippen molar-refractivity contribution in [3.63, 3.8) is 0 Å². The molecule has 1 aromatic heterocycles.